The minimum atomic E-state index is -1.97. The summed E-state index contributed by atoms with van der Waals surface area (Å²) in [6.07, 6.45) is 1.81. The highest BCUT2D eigenvalue weighted by Gasteiger charge is 2.13. The normalized spacial score (nSPS) is 10.9. The largest absolute Gasteiger partial charge is 0.536 e. The van der Waals surface area contributed by atoms with Crippen molar-refractivity contribution in [2.24, 2.45) is 0 Å². The molecular formula is C13H22O7P+. The van der Waals surface area contributed by atoms with Crippen LogP contribution in [0.2, 0.25) is 0 Å². The lowest BCUT2D eigenvalue weighted by atomic mass is 10.2. The number of carbonyl (C=O) groups excluding carboxylic acids is 2. The summed E-state index contributed by atoms with van der Waals surface area (Å²) in [7, 11) is -1.97. The highest BCUT2D eigenvalue weighted by atomic mass is 31.1. The molecule has 0 saturated carbocycles. The fraction of sp³-hybridized carbons (Fsp3) is 0.692. The van der Waals surface area contributed by atoms with Gasteiger partial charge >= 0.3 is 20.0 Å². The van der Waals surface area contributed by atoms with E-state index in [4.69, 9.17) is 19.1 Å². The minimum absolute atomic E-state index is 0.0134. The van der Waals surface area contributed by atoms with Crippen LogP contribution < -0.4 is 0 Å². The van der Waals surface area contributed by atoms with E-state index in [-0.39, 0.29) is 25.6 Å². The van der Waals surface area contributed by atoms with Crippen LogP contribution in [0, 0.1) is 0 Å². The molecule has 0 bridgehead atoms. The number of esters is 2. The van der Waals surface area contributed by atoms with E-state index in [0.717, 1.165) is 6.42 Å². The van der Waals surface area contributed by atoms with Crippen LogP contribution in [0.1, 0.15) is 32.6 Å². The Morgan fingerprint density at radius 2 is 1.76 bits per heavy atom. The van der Waals surface area contributed by atoms with E-state index in [9.17, 15) is 14.2 Å². The van der Waals surface area contributed by atoms with Gasteiger partial charge in [0.15, 0.2) is 0 Å². The van der Waals surface area contributed by atoms with Crippen LogP contribution in [0.25, 0.3) is 0 Å². The zero-order valence-corrected chi connectivity index (χ0v) is 13.1. The lowest BCUT2D eigenvalue weighted by Gasteiger charge is -2.06. The number of aliphatic hydroxyl groups excluding tert-OH is 1. The van der Waals surface area contributed by atoms with Gasteiger partial charge in [-0.1, -0.05) is 13.0 Å². The Balaban J connectivity index is 3.41. The molecule has 21 heavy (non-hydrogen) atoms. The maximum atomic E-state index is 11.3. The summed E-state index contributed by atoms with van der Waals surface area (Å²) in [4.78, 5) is 22.3. The van der Waals surface area contributed by atoms with Crippen LogP contribution in [0.15, 0.2) is 12.2 Å². The van der Waals surface area contributed by atoms with Gasteiger partial charge in [0.25, 0.3) is 6.35 Å². The molecular weight excluding hydrogens is 299 g/mol. The first-order valence-corrected chi connectivity index (χ1v) is 8.00. The van der Waals surface area contributed by atoms with Gasteiger partial charge in [-0.2, -0.15) is 0 Å². The topological polar surface area (TPSA) is 99.1 Å². The van der Waals surface area contributed by atoms with Gasteiger partial charge in [-0.3, -0.25) is 4.79 Å². The third kappa shape index (κ3) is 12.2. The molecule has 1 N–H and O–H groups in total. The lowest BCUT2D eigenvalue weighted by molar-refractivity contribution is -0.150. The number of unbranched alkanes of at least 4 members (excludes halogenated alkanes) is 2. The first kappa shape index (κ1) is 19.7. The zero-order chi connectivity index (χ0) is 16.1. The Labute approximate surface area is 125 Å². The average molecular weight is 321 g/mol. The molecule has 0 aliphatic carbocycles. The standard InChI is InChI=1S/C13H22O7P/c1-11(2)13(16)19-9-8-18-12(15)6-4-3-5-7-20-21(17)10-14/h14H,1,3-10H2,2H3/q+1. The second kappa shape index (κ2) is 12.4. The van der Waals surface area contributed by atoms with Crippen LogP contribution in [-0.4, -0.2) is 43.2 Å². The van der Waals surface area contributed by atoms with Crippen molar-refractivity contribution in [3.8, 4) is 0 Å². The van der Waals surface area contributed by atoms with Gasteiger partial charge in [0.1, 0.15) is 19.8 Å². The van der Waals surface area contributed by atoms with Crippen molar-refractivity contribution in [2.75, 3.05) is 26.2 Å². The Hall–Kier alpha value is -1.30. The highest BCUT2D eigenvalue weighted by Crippen LogP contribution is 2.20. The number of hydrogen-bond donors (Lipinski definition) is 1. The minimum Gasteiger partial charge on any atom is -0.462 e. The molecule has 7 nitrogen and oxygen atoms in total. The predicted octanol–water partition coefficient (Wildman–Crippen LogP) is 1.92. The smallest absolute Gasteiger partial charge is 0.462 e. The van der Waals surface area contributed by atoms with Gasteiger partial charge < -0.3 is 14.6 Å². The first-order valence-electron chi connectivity index (χ1n) is 6.64. The predicted molar refractivity (Wildman–Crippen MR) is 75.8 cm³/mol. The summed E-state index contributed by atoms with van der Waals surface area (Å²) < 4.78 is 25.2. The van der Waals surface area contributed by atoms with E-state index in [0.29, 0.717) is 25.0 Å². The molecule has 8 heteroatoms. The van der Waals surface area contributed by atoms with Crippen LogP contribution in [-0.2, 0) is 28.2 Å². The Kier molecular flexibility index (Phi) is 11.7. The SMILES string of the molecule is C=C(C)C(=O)OCCOC(=O)CCCCCO[P+](=O)CO. The van der Waals surface area contributed by atoms with Gasteiger partial charge in [-0.25, -0.2) is 4.79 Å². The number of aliphatic hydroxyl groups is 1. The molecule has 0 aliphatic heterocycles. The fourth-order valence-electron chi connectivity index (χ4n) is 1.24. The van der Waals surface area contributed by atoms with Crippen molar-refractivity contribution < 1.29 is 33.3 Å². The van der Waals surface area contributed by atoms with Gasteiger partial charge in [-0.05, 0) is 24.3 Å². The van der Waals surface area contributed by atoms with Gasteiger partial charge in [0.2, 0.25) is 0 Å². The summed E-state index contributed by atoms with van der Waals surface area (Å²) in [6.45, 7) is 5.29. The van der Waals surface area contributed by atoms with E-state index in [1.165, 1.54) is 6.92 Å². The van der Waals surface area contributed by atoms with Crippen LogP contribution in [0.4, 0.5) is 0 Å². The maximum Gasteiger partial charge on any atom is 0.536 e. The highest BCUT2D eigenvalue weighted by molar-refractivity contribution is 7.38. The number of ether oxygens (including phenoxy) is 2. The molecule has 0 saturated heterocycles. The third-order valence-electron chi connectivity index (χ3n) is 2.30. The Bertz CT molecular complexity index is 368. The summed E-state index contributed by atoms with van der Waals surface area (Å²) in [5.74, 6) is -0.865. The maximum absolute atomic E-state index is 11.3. The number of rotatable bonds is 12. The van der Waals surface area contributed by atoms with Crippen molar-refractivity contribution in [2.45, 2.75) is 32.6 Å². The van der Waals surface area contributed by atoms with Gasteiger partial charge in [0, 0.05) is 12.0 Å². The zero-order valence-electron chi connectivity index (χ0n) is 12.2. The van der Waals surface area contributed by atoms with Crippen molar-refractivity contribution in [1.82, 2.24) is 0 Å². The second-order valence-electron chi connectivity index (χ2n) is 4.25. The molecule has 0 aliphatic rings. The molecule has 0 aromatic rings. The van der Waals surface area contributed by atoms with Crippen LogP contribution >= 0.6 is 8.03 Å². The molecule has 0 fully saturated rings. The molecule has 0 amide bonds. The van der Waals surface area contributed by atoms with Crippen molar-refractivity contribution in [1.29, 1.82) is 0 Å². The van der Waals surface area contributed by atoms with E-state index < -0.39 is 20.3 Å². The van der Waals surface area contributed by atoms with Gasteiger partial charge in [0.05, 0.1) is 0 Å². The molecule has 0 rings (SSSR count). The van der Waals surface area contributed by atoms with Crippen LogP contribution in [0.3, 0.4) is 0 Å². The molecule has 0 aromatic carbocycles. The van der Waals surface area contributed by atoms with Gasteiger partial charge in [-0.15, -0.1) is 4.52 Å². The van der Waals surface area contributed by atoms with E-state index in [1.54, 1.807) is 0 Å². The fourth-order valence-corrected chi connectivity index (χ4v) is 1.65. The molecule has 120 valence electrons. The van der Waals surface area contributed by atoms with Crippen molar-refractivity contribution >= 4 is 20.0 Å². The Morgan fingerprint density at radius 3 is 2.38 bits per heavy atom. The molecule has 0 radical (unpaired) electrons. The number of hydrogen-bond acceptors (Lipinski definition) is 7. The summed E-state index contributed by atoms with van der Waals surface area (Å²) in [5.41, 5.74) is 0.298. The summed E-state index contributed by atoms with van der Waals surface area (Å²) in [5, 5.41) is 8.47. The van der Waals surface area contributed by atoms with Crippen molar-refractivity contribution in [3.05, 3.63) is 12.2 Å². The van der Waals surface area contributed by atoms with E-state index in [1.807, 2.05) is 0 Å². The quantitative estimate of drug-likeness (QED) is 0.254. The summed E-state index contributed by atoms with van der Waals surface area (Å²) >= 11 is 0. The molecule has 0 heterocycles. The Morgan fingerprint density at radius 1 is 1.10 bits per heavy atom. The molecule has 1 atom stereocenters. The molecule has 1 unspecified atom stereocenters. The monoisotopic (exact) mass is 321 g/mol. The average Bonchev–Trinajstić information content (AvgIpc) is 2.46. The van der Waals surface area contributed by atoms with Crippen LogP contribution in [0.5, 0.6) is 0 Å². The lowest BCUT2D eigenvalue weighted by Crippen LogP contribution is -2.14. The molecule has 0 spiro atoms. The second-order valence-corrected chi connectivity index (χ2v) is 5.46. The number of carbonyl (C=O) groups is 2. The van der Waals surface area contributed by atoms with Crippen molar-refractivity contribution in [3.63, 3.8) is 0 Å². The first-order chi connectivity index (χ1) is 9.97. The van der Waals surface area contributed by atoms with E-state index >= 15 is 0 Å². The van der Waals surface area contributed by atoms with E-state index in [2.05, 4.69) is 6.58 Å². The summed E-state index contributed by atoms with van der Waals surface area (Å²) in [6, 6.07) is 0. The third-order valence-corrected chi connectivity index (χ3v) is 3.01. The molecule has 0 aromatic heterocycles.